The predicted molar refractivity (Wildman–Crippen MR) is 104 cm³/mol. The number of nitrogens with one attached hydrogen (secondary N) is 1. The van der Waals surface area contributed by atoms with E-state index >= 15 is 0 Å². The van der Waals surface area contributed by atoms with Gasteiger partial charge in [0, 0.05) is 18.8 Å². The van der Waals surface area contributed by atoms with Crippen molar-refractivity contribution in [1.29, 1.82) is 0 Å². The molecule has 9 nitrogen and oxygen atoms in total. The minimum absolute atomic E-state index is 0. The topological polar surface area (TPSA) is 116 Å². The van der Waals surface area contributed by atoms with E-state index in [4.69, 9.17) is 5.73 Å². The number of carbonyl (C=O) groups excluding carboxylic acids is 1. The van der Waals surface area contributed by atoms with E-state index in [1.165, 1.54) is 6.20 Å². The monoisotopic (exact) mass is 384 g/mol. The van der Waals surface area contributed by atoms with Crippen LogP contribution in [0, 0.1) is 6.92 Å². The van der Waals surface area contributed by atoms with E-state index in [1.54, 1.807) is 47.0 Å². The standard InChI is InChI=1S/C17H16N8O.ClH/c1-10-14(3-12(18)5-19-10)23-17(26)13-6-22-25-9-15(20-7-16(13)25)11-4-21-24(2)8-11;/h3-9H,18H2,1-2H3,(H,23,26);1H. The zero-order chi connectivity index (χ0) is 18.3. The number of pyridine rings is 1. The molecule has 138 valence electrons. The van der Waals surface area contributed by atoms with Crippen molar-refractivity contribution < 1.29 is 4.79 Å². The lowest BCUT2D eigenvalue weighted by molar-refractivity contribution is 0.102. The van der Waals surface area contributed by atoms with E-state index in [0.29, 0.717) is 28.1 Å². The first-order valence-corrected chi connectivity index (χ1v) is 7.87. The van der Waals surface area contributed by atoms with Crippen LogP contribution in [-0.2, 0) is 7.05 Å². The Morgan fingerprint density at radius 1 is 1.11 bits per heavy atom. The summed E-state index contributed by atoms with van der Waals surface area (Å²) in [6.07, 6.45) is 10.0. The average molecular weight is 385 g/mol. The van der Waals surface area contributed by atoms with Crippen molar-refractivity contribution in [3.05, 3.63) is 54.5 Å². The zero-order valence-corrected chi connectivity index (χ0v) is 15.4. The van der Waals surface area contributed by atoms with E-state index < -0.39 is 0 Å². The fraction of sp³-hybridized carbons (Fsp3) is 0.118. The van der Waals surface area contributed by atoms with Crippen LogP contribution in [0.4, 0.5) is 11.4 Å². The number of aryl methyl sites for hydroxylation is 2. The van der Waals surface area contributed by atoms with Gasteiger partial charge >= 0.3 is 0 Å². The fourth-order valence-electron chi connectivity index (χ4n) is 2.63. The van der Waals surface area contributed by atoms with E-state index in [1.807, 2.05) is 13.2 Å². The largest absolute Gasteiger partial charge is 0.397 e. The van der Waals surface area contributed by atoms with Gasteiger partial charge in [0.1, 0.15) is 0 Å². The van der Waals surface area contributed by atoms with Gasteiger partial charge in [-0.15, -0.1) is 12.4 Å². The third-order valence-electron chi connectivity index (χ3n) is 4.01. The molecule has 0 aliphatic rings. The summed E-state index contributed by atoms with van der Waals surface area (Å²) in [6.45, 7) is 1.80. The summed E-state index contributed by atoms with van der Waals surface area (Å²) >= 11 is 0. The highest BCUT2D eigenvalue weighted by Gasteiger charge is 2.15. The molecule has 4 heterocycles. The quantitative estimate of drug-likeness (QED) is 0.558. The molecule has 0 aromatic carbocycles. The van der Waals surface area contributed by atoms with Crippen molar-refractivity contribution >= 4 is 35.2 Å². The Morgan fingerprint density at radius 3 is 2.67 bits per heavy atom. The summed E-state index contributed by atoms with van der Waals surface area (Å²) in [6, 6.07) is 1.67. The van der Waals surface area contributed by atoms with Gasteiger partial charge in [0.2, 0.25) is 0 Å². The molecule has 0 aliphatic heterocycles. The van der Waals surface area contributed by atoms with E-state index in [-0.39, 0.29) is 18.3 Å². The van der Waals surface area contributed by atoms with Crippen LogP contribution in [0.1, 0.15) is 16.1 Å². The van der Waals surface area contributed by atoms with Crippen molar-refractivity contribution in [3.63, 3.8) is 0 Å². The lowest BCUT2D eigenvalue weighted by Gasteiger charge is -2.07. The molecule has 3 N–H and O–H groups in total. The van der Waals surface area contributed by atoms with Crippen LogP contribution in [0.5, 0.6) is 0 Å². The summed E-state index contributed by atoms with van der Waals surface area (Å²) in [5, 5.41) is 11.2. The highest BCUT2D eigenvalue weighted by atomic mass is 35.5. The number of amides is 1. The molecule has 1 amide bonds. The van der Waals surface area contributed by atoms with Crippen LogP contribution in [0.3, 0.4) is 0 Å². The molecule has 4 rings (SSSR count). The van der Waals surface area contributed by atoms with Crippen molar-refractivity contribution in [2.24, 2.45) is 7.05 Å². The molecule has 0 unspecified atom stereocenters. The Labute approximate surface area is 160 Å². The summed E-state index contributed by atoms with van der Waals surface area (Å²) < 4.78 is 3.32. The Kier molecular flexibility index (Phi) is 4.78. The predicted octanol–water partition coefficient (Wildman–Crippen LogP) is 2.09. The van der Waals surface area contributed by atoms with Gasteiger partial charge in [-0.1, -0.05) is 0 Å². The Hall–Kier alpha value is -3.46. The molecule has 0 spiro atoms. The first kappa shape index (κ1) is 18.3. The second-order valence-corrected chi connectivity index (χ2v) is 5.92. The number of halogens is 1. The van der Waals surface area contributed by atoms with Gasteiger partial charge in [-0.05, 0) is 13.0 Å². The van der Waals surface area contributed by atoms with Crippen molar-refractivity contribution in [1.82, 2.24) is 29.4 Å². The molecule has 0 fully saturated rings. The van der Waals surface area contributed by atoms with Gasteiger partial charge in [-0.2, -0.15) is 10.2 Å². The number of anilines is 2. The smallest absolute Gasteiger partial charge is 0.259 e. The number of nitrogen functional groups attached to an aromatic ring is 1. The summed E-state index contributed by atoms with van der Waals surface area (Å²) in [5.74, 6) is -0.300. The summed E-state index contributed by atoms with van der Waals surface area (Å²) in [4.78, 5) is 21.2. The molecular weight excluding hydrogens is 368 g/mol. The van der Waals surface area contributed by atoms with Crippen LogP contribution in [0.2, 0.25) is 0 Å². The van der Waals surface area contributed by atoms with Gasteiger partial charge in [-0.25, -0.2) is 4.52 Å². The Morgan fingerprint density at radius 2 is 1.93 bits per heavy atom. The molecule has 0 saturated carbocycles. The SMILES string of the molecule is Cc1ncc(N)cc1NC(=O)c1cnn2cc(-c3cnn(C)c3)ncc12.Cl. The van der Waals surface area contributed by atoms with Gasteiger partial charge in [0.25, 0.3) is 5.91 Å². The Balaban J connectivity index is 0.00000210. The third-order valence-corrected chi connectivity index (χ3v) is 4.01. The van der Waals surface area contributed by atoms with Gasteiger partial charge in [0.05, 0.1) is 64.8 Å². The number of fused-ring (bicyclic) bond motifs is 1. The number of hydrogen-bond acceptors (Lipinski definition) is 6. The number of rotatable bonds is 3. The Bertz CT molecular complexity index is 1130. The lowest BCUT2D eigenvalue weighted by atomic mass is 10.2. The maximum absolute atomic E-state index is 12.6. The highest BCUT2D eigenvalue weighted by Crippen LogP contribution is 2.20. The van der Waals surface area contributed by atoms with Crippen LogP contribution in [-0.4, -0.2) is 35.3 Å². The number of aromatic nitrogens is 6. The molecule has 0 bridgehead atoms. The van der Waals surface area contributed by atoms with Crippen molar-refractivity contribution in [2.45, 2.75) is 6.92 Å². The first-order valence-electron chi connectivity index (χ1n) is 7.87. The maximum atomic E-state index is 12.6. The van der Waals surface area contributed by atoms with Crippen LogP contribution >= 0.6 is 12.4 Å². The van der Waals surface area contributed by atoms with Gasteiger partial charge in [0.15, 0.2) is 0 Å². The average Bonchev–Trinajstić information content (AvgIpc) is 3.23. The van der Waals surface area contributed by atoms with Crippen molar-refractivity contribution in [2.75, 3.05) is 11.1 Å². The van der Waals surface area contributed by atoms with Crippen LogP contribution in [0.25, 0.3) is 16.8 Å². The second kappa shape index (κ2) is 7.04. The minimum atomic E-state index is -0.300. The minimum Gasteiger partial charge on any atom is -0.397 e. The van der Waals surface area contributed by atoms with E-state index in [0.717, 1.165) is 11.3 Å². The number of hydrogen-bond donors (Lipinski definition) is 2. The number of carbonyl (C=O) groups is 1. The summed E-state index contributed by atoms with van der Waals surface area (Å²) in [5.41, 5.74) is 10.1. The molecule has 10 heteroatoms. The van der Waals surface area contributed by atoms with Gasteiger partial charge in [-0.3, -0.25) is 19.4 Å². The molecular formula is C17H17ClN8O. The molecule has 4 aromatic heterocycles. The third kappa shape index (κ3) is 3.44. The molecule has 0 radical (unpaired) electrons. The molecule has 0 saturated heterocycles. The lowest BCUT2D eigenvalue weighted by Crippen LogP contribution is -2.13. The molecule has 0 aliphatic carbocycles. The summed E-state index contributed by atoms with van der Waals surface area (Å²) in [7, 11) is 1.84. The van der Waals surface area contributed by atoms with Crippen LogP contribution < -0.4 is 11.1 Å². The highest BCUT2D eigenvalue weighted by molar-refractivity contribution is 6.09. The zero-order valence-electron chi connectivity index (χ0n) is 14.6. The maximum Gasteiger partial charge on any atom is 0.259 e. The fourth-order valence-corrected chi connectivity index (χ4v) is 2.63. The first-order chi connectivity index (χ1) is 12.5. The number of nitrogens with zero attached hydrogens (tertiary/aromatic N) is 6. The molecule has 4 aromatic rings. The van der Waals surface area contributed by atoms with Crippen LogP contribution in [0.15, 0.2) is 43.2 Å². The van der Waals surface area contributed by atoms with Crippen molar-refractivity contribution in [3.8, 4) is 11.3 Å². The normalized spacial score (nSPS) is 10.6. The number of nitrogens with two attached hydrogens (primary N) is 1. The molecule has 0 atom stereocenters. The van der Waals surface area contributed by atoms with E-state index in [2.05, 4.69) is 25.5 Å². The van der Waals surface area contributed by atoms with Gasteiger partial charge < -0.3 is 11.1 Å². The molecule has 27 heavy (non-hydrogen) atoms. The second-order valence-electron chi connectivity index (χ2n) is 5.92. The van der Waals surface area contributed by atoms with E-state index in [9.17, 15) is 4.79 Å².